The van der Waals surface area contributed by atoms with Crippen molar-refractivity contribution < 1.29 is 32.6 Å². The smallest absolute Gasteiger partial charge is 0.416 e. The molecule has 0 saturated heterocycles. The second-order valence-corrected chi connectivity index (χ2v) is 6.74. The summed E-state index contributed by atoms with van der Waals surface area (Å²) in [5.41, 5.74) is 0.107. The van der Waals surface area contributed by atoms with Gasteiger partial charge in [0, 0.05) is 5.56 Å². The Balaban J connectivity index is 1.66. The van der Waals surface area contributed by atoms with Crippen LogP contribution in [0.3, 0.4) is 0 Å². The maximum atomic E-state index is 12.8. The van der Waals surface area contributed by atoms with Crippen molar-refractivity contribution in [3.05, 3.63) is 107 Å². The minimum Gasteiger partial charge on any atom is -0.489 e. The van der Waals surface area contributed by atoms with Gasteiger partial charge in [0.25, 0.3) is 5.91 Å². The van der Waals surface area contributed by atoms with Crippen molar-refractivity contribution in [1.29, 1.82) is 0 Å². The van der Waals surface area contributed by atoms with Crippen molar-refractivity contribution >= 4 is 18.0 Å². The lowest BCUT2D eigenvalue weighted by Gasteiger charge is -2.10. The van der Waals surface area contributed by atoms with E-state index < -0.39 is 23.6 Å². The van der Waals surface area contributed by atoms with Crippen LogP contribution in [0, 0.1) is 0 Å². The molecule has 0 aliphatic rings. The summed E-state index contributed by atoms with van der Waals surface area (Å²) in [5.74, 6) is -1.47. The Bertz CT molecular complexity index is 1120. The number of aliphatic carboxylic acids is 1. The molecule has 3 aromatic rings. The average molecular weight is 441 g/mol. The topological polar surface area (TPSA) is 75.6 Å². The van der Waals surface area contributed by atoms with E-state index >= 15 is 0 Å². The van der Waals surface area contributed by atoms with Crippen LogP contribution in [0.1, 0.15) is 27.0 Å². The zero-order valence-corrected chi connectivity index (χ0v) is 16.6. The van der Waals surface area contributed by atoms with E-state index in [1.807, 2.05) is 0 Å². The predicted octanol–water partition coefficient (Wildman–Crippen LogP) is 5.14. The second-order valence-electron chi connectivity index (χ2n) is 6.74. The van der Waals surface area contributed by atoms with E-state index in [2.05, 4.69) is 5.32 Å². The Morgan fingerprint density at radius 1 is 0.938 bits per heavy atom. The normalized spacial score (nSPS) is 11.7. The summed E-state index contributed by atoms with van der Waals surface area (Å²) < 4.78 is 43.9. The highest BCUT2D eigenvalue weighted by Gasteiger charge is 2.30. The van der Waals surface area contributed by atoms with E-state index in [1.165, 1.54) is 18.2 Å². The monoisotopic (exact) mass is 441 g/mol. The van der Waals surface area contributed by atoms with Gasteiger partial charge in [0.05, 0.1) is 5.56 Å². The molecule has 0 aliphatic carbocycles. The fraction of sp³-hybridized carbons (Fsp3) is 0.0833. The summed E-state index contributed by atoms with van der Waals surface area (Å²) in [6, 6.07) is 19.3. The van der Waals surface area contributed by atoms with Crippen LogP contribution in [0.25, 0.3) is 6.08 Å². The van der Waals surface area contributed by atoms with Gasteiger partial charge in [-0.15, -0.1) is 0 Å². The minimum atomic E-state index is -4.43. The van der Waals surface area contributed by atoms with Crippen molar-refractivity contribution in [2.24, 2.45) is 0 Å². The number of alkyl halides is 3. The summed E-state index contributed by atoms with van der Waals surface area (Å²) in [4.78, 5) is 23.7. The van der Waals surface area contributed by atoms with Gasteiger partial charge in [-0.1, -0.05) is 42.5 Å². The Morgan fingerprint density at radius 2 is 1.62 bits per heavy atom. The minimum absolute atomic E-state index is 0.0629. The van der Waals surface area contributed by atoms with Crippen molar-refractivity contribution in [2.45, 2.75) is 12.8 Å². The zero-order valence-electron chi connectivity index (χ0n) is 16.6. The summed E-state index contributed by atoms with van der Waals surface area (Å²) in [7, 11) is 0. The maximum Gasteiger partial charge on any atom is 0.416 e. The lowest BCUT2D eigenvalue weighted by atomic mass is 10.1. The van der Waals surface area contributed by atoms with Crippen molar-refractivity contribution in [1.82, 2.24) is 5.32 Å². The summed E-state index contributed by atoms with van der Waals surface area (Å²) in [6.07, 6.45) is -3.14. The van der Waals surface area contributed by atoms with Crippen LogP contribution in [-0.4, -0.2) is 17.0 Å². The molecule has 5 nitrogen and oxygen atoms in total. The molecule has 0 heterocycles. The van der Waals surface area contributed by atoms with Crippen molar-refractivity contribution in [2.75, 3.05) is 0 Å². The van der Waals surface area contributed by atoms with Crippen LogP contribution in [-0.2, 0) is 17.6 Å². The third-order valence-corrected chi connectivity index (χ3v) is 4.37. The first-order chi connectivity index (χ1) is 15.2. The number of nitrogens with one attached hydrogen (secondary N) is 1. The summed E-state index contributed by atoms with van der Waals surface area (Å²) in [5, 5.41) is 11.7. The quantitative estimate of drug-likeness (QED) is 0.498. The number of hydrogen-bond acceptors (Lipinski definition) is 3. The van der Waals surface area contributed by atoms with E-state index in [-0.39, 0.29) is 12.3 Å². The van der Waals surface area contributed by atoms with Crippen LogP contribution >= 0.6 is 0 Å². The van der Waals surface area contributed by atoms with E-state index in [9.17, 15) is 27.9 Å². The molecule has 8 heteroatoms. The molecular formula is C24H18F3NO4. The maximum absolute atomic E-state index is 12.8. The average Bonchev–Trinajstić information content (AvgIpc) is 2.78. The summed E-state index contributed by atoms with van der Waals surface area (Å²) in [6.45, 7) is -0.0629. The molecule has 0 spiro atoms. The third-order valence-electron chi connectivity index (χ3n) is 4.37. The highest BCUT2D eigenvalue weighted by atomic mass is 19.4. The molecule has 0 unspecified atom stereocenters. The molecule has 32 heavy (non-hydrogen) atoms. The Kier molecular flexibility index (Phi) is 6.94. The number of amides is 1. The largest absolute Gasteiger partial charge is 0.489 e. The molecule has 0 atom stereocenters. The van der Waals surface area contributed by atoms with Gasteiger partial charge in [-0.2, -0.15) is 13.2 Å². The third kappa shape index (κ3) is 6.21. The molecule has 2 N–H and O–H groups in total. The van der Waals surface area contributed by atoms with E-state index in [1.54, 1.807) is 54.6 Å². The lowest BCUT2D eigenvalue weighted by Crippen LogP contribution is -2.27. The molecule has 0 aliphatic heterocycles. The number of rotatable bonds is 7. The van der Waals surface area contributed by atoms with Gasteiger partial charge in [0.2, 0.25) is 0 Å². The number of ether oxygens (including phenoxy) is 1. The number of carbonyl (C=O) groups is 2. The Labute approximate surface area is 181 Å². The van der Waals surface area contributed by atoms with Crippen LogP contribution < -0.4 is 10.1 Å². The number of benzene rings is 3. The molecule has 0 aromatic heterocycles. The number of halogens is 3. The van der Waals surface area contributed by atoms with Gasteiger partial charge < -0.3 is 15.2 Å². The fourth-order valence-electron chi connectivity index (χ4n) is 2.77. The Morgan fingerprint density at radius 3 is 2.25 bits per heavy atom. The highest BCUT2D eigenvalue weighted by Crippen LogP contribution is 2.29. The highest BCUT2D eigenvalue weighted by molar-refractivity contribution is 6.02. The number of carboxylic acids is 1. The van der Waals surface area contributed by atoms with E-state index in [0.29, 0.717) is 22.4 Å². The van der Waals surface area contributed by atoms with Crippen LogP contribution in [0.2, 0.25) is 0 Å². The standard InChI is InChI=1S/C24H18F3NO4/c25-24(26,27)19-8-4-5-17(13-19)15-32-20-11-9-16(10-12-20)14-21(23(30)31)28-22(29)18-6-2-1-3-7-18/h1-14H,15H2,(H,28,29)(H,30,31). The lowest BCUT2D eigenvalue weighted by molar-refractivity contribution is -0.137. The first-order valence-electron chi connectivity index (χ1n) is 9.43. The number of carbonyl (C=O) groups excluding carboxylic acids is 1. The van der Waals surface area contributed by atoms with Crippen molar-refractivity contribution in [3.63, 3.8) is 0 Å². The SMILES string of the molecule is O=C(O)C(=Cc1ccc(OCc2cccc(C(F)(F)F)c2)cc1)NC(=O)c1ccccc1. The molecular weight excluding hydrogens is 423 g/mol. The first kappa shape index (κ1) is 22.6. The molecule has 0 radical (unpaired) electrons. The molecule has 0 bridgehead atoms. The molecule has 0 fully saturated rings. The van der Waals surface area contributed by atoms with Gasteiger partial charge in [-0.25, -0.2) is 4.79 Å². The Hall–Kier alpha value is -4.07. The van der Waals surface area contributed by atoms with Crippen LogP contribution in [0.4, 0.5) is 13.2 Å². The molecule has 164 valence electrons. The van der Waals surface area contributed by atoms with Crippen LogP contribution in [0.5, 0.6) is 5.75 Å². The number of hydrogen-bond donors (Lipinski definition) is 2. The van der Waals surface area contributed by atoms with Gasteiger partial charge in [-0.3, -0.25) is 4.79 Å². The van der Waals surface area contributed by atoms with E-state index in [0.717, 1.165) is 12.1 Å². The molecule has 1 amide bonds. The zero-order chi connectivity index (χ0) is 23.1. The predicted molar refractivity (Wildman–Crippen MR) is 112 cm³/mol. The van der Waals surface area contributed by atoms with Gasteiger partial charge in [0.1, 0.15) is 18.1 Å². The van der Waals surface area contributed by atoms with Crippen LogP contribution in [0.15, 0.2) is 84.6 Å². The van der Waals surface area contributed by atoms with Gasteiger partial charge in [-0.05, 0) is 53.6 Å². The summed E-state index contributed by atoms with van der Waals surface area (Å²) >= 11 is 0. The second kappa shape index (κ2) is 9.82. The molecule has 3 aromatic carbocycles. The molecule has 3 rings (SSSR count). The van der Waals surface area contributed by atoms with Gasteiger partial charge >= 0.3 is 12.1 Å². The first-order valence-corrected chi connectivity index (χ1v) is 9.43. The fourth-order valence-corrected chi connectivity index (χ4v) is 2.77. The number of carboxylic acid groups (broad SMARTS) is 1. The van der Waals surface area contributed by atoms with E-state index in [4.69, 9.17) is 4.74 Å². The van der Waals surface area contributed by atoms with Gasteiger partial charge in [0.15, 0.2) is 0 Å². The van der Waals surface area contributed by atoms with Crippen molar-refractivity contribution in [3.8, 4) is 5.75 Å². The molecule has 0 saturated carbocycles.